The van der Waals surface area contributed by atoms with Crippen molar-refractivity contribution < 1.29 is 9.84 Å². The molecule has 1 aromatic carbocycles. The van der Waals surface area contributed by atoms with E-state index in [1.807, 2.05) is 6.07 Å². The Morgan fingerprint density at radius 3 is 2.80 bits per heavy atom. The molecule has 3 heterocycles. The largest absolute Gasteiger partial charge is 0.389 e. The lowest BCUT2D eigenvalue weighted by molar-refractivity contribution is 0.0837. The molecule has 2 saturated heterocycles. The summed E-state index contributed by atoms with van der Waals surface area (Å²) in [5.74, 6) is 0. The Labute approximate surface area is 152 Å². The summed E-state index contributed by atoms with van der Waals surface area (Å²) in [5, 5.41) is 13.4. The number of hydrogen-bond donors (Lipinski definition) is 1. The van der Waals surface area contributed by atoms with E-state index in [-0.39, 0.29) is 12.1 Å². The van der Waals surface area contributed by atoms with Gasteiger partial charge in [0.2, 0.25) is 0 Å². The molecule has 2 aromatic rings. The van der Waals surface area contributed by atoms with Crippen molar-refractivity contribution in [2.24, 2.45) is 0 Å². The number of aromatic nitrogens is 1. The molecular weight excluding hydrogens is 334 g/mol. The first kappa shape index (κ1) is 17.1. The summed E-state index contributed by atoms with van der Waals surface area (Å²) in [6, 6.07) is 10.5. The Kier molecular flexibility index (Phi) is 5.43. The fourth-order valence-electron chi connectivity index (χ4n) is 3.68. The number of aliphatic hydroxyl groups excluding tert-OH is 1. The Hall–Kier alpha value is -1.31. The third kappa shape index (κ3) is 4.10. The van der Waals surface area contributed by atoms with Gasteiger partial charge in [0, 0.05) is 24.0 Å². The van der Waals surface area contributed by atoms with Gasteiger partial charge in [-0.25, -0.2) is 4.98 Å². The van der Waals surface area contributed by atoms with E-state index in [1.54, 1.807) is 11.3 Å². The number of ether oxygens (including phenoxy) is 1. The maximum Gasteiger partial charge on any atom is 0.107 e. The minimum Gasteiger partial charge on any atom is -0.389 e. The summed E-state index contributed by atoms with van der Waals surface area (Å²) in [6.07, 6.45) is 0.791. The van der Waals surface area contributed by atoms with E-state index in [0.717, 1.165) is 44.8 Å². The molecule has 2 fully saturated rings. The fraction of sp³-hybridized carbons (Fsp3) is 0.526. The first-order chi connectivity index (χ1) is 12.3. The topological polar surface area (TPSA) is 48.8 Å². The van der Waals surface area contributed by atoms with Crippen molar-refractivity contribution in [1.82, 2.24) is 14.8 Å². The van der Waals surface area contributed by atoms with Crippen LogP contribution >= 0.6 is 11.3 Å². The molecule has 4 rings (SSSR count). The number of hydrogen-bond acceptors (Lipinski definition) is 6. The van der Waals surface area contributed by atoms with Gasteiger partial charge in [0.15, 0.2) is 0 Å². The van der Waals surface area contributed by atoms with Crippen LogP contribution in [0.25, 0.3) is 11.3 Å². The summed E-state index contributed by atoms with van der Waals surface area (Å²) in [7, 11) is 0. The van der Waals surface area contributed by atoms with Crippen LogP contribution in [0.2, 0.25) is 0 Å². The second-order valence-corrected chi connectivity index (χ2v) is 7.77. The van der Waals surface area contributed by atoms with Crippen LogP contribution < -0.4 is 0 Å². The lowest BCUT2D eigenvalue weighted by Gasteiger charge is -2.28. The van der Waals surface area contributed by atoms with Gasteiger partial charge < -0.3 is 9.84 Å². The highest BCUT2D eigenvalue weighted by molar-refractivity contribution is 7.09. The van der Waals surface area contributed by atoms with E-state index in [2.05, 4.69) is 39.4 Å². The van der Waals surface area contributed by atoms with Crippen molar-refractivity contribution in [3.63, 3.8) is 0 Å². The van der Waals surface area contributed by atoms with E-state index < -0.39 is 0 Å². The number of benzene rings is 1. The molecule has 2 aliphatic rings. The standard InChI is InChI=1S/C19H25N3O2S/c23-18-13-24-12-17(18)22-8-4-7-21(9-10-22)11-19-20-16(14-25-19)15-5-2-1-3-6-15/h1-3,5-6,14,17-18,23H,4,7-13H2/t17-,18-/m0/s1. The highest BCUT2D eigenvalue weighted by Gasteiger charge is 2.32. The molecule has 6 heteroatoms. The number of aliphatic hydroxyl groups is 1. The van der Waals surface area contributed by atoms with E-state index in [4.69, 9.17) is 9.72 Å². The van der Waals surface area contributed by atoms with Crippen LogP contribution in [0.3, 0.4) is 0 Å². The predicted molar refractivity (Wildman–Crippen MR) is 99.6 cm³/mol. The Morgan fingerprint density at radius 2 is 2.00 bits per heavy atom. The molecule has 0 saturated carbocycles. The molecule has 5 nitrogen and oxygen atoms in total. The fourth-order valence-corrected chi connectivity index (χ4v) is 4.52. The van der Waals surface area contributed by atoms with Gasteiger partial charge in [0.1, 0.15) is 5.01 Å². The minimum atomic E-state index is -0.334. The van der Waals surface area contributed by atoms with Crippen LogP contribution in [0.1, 0.15) is 11.4 Å². The summed E-state index contributed by atoms with van der Waals surface area (Å²) in [6.45, 7) is 6.18. The average molecular weight is 359 g/mol. The zero-order chi connectivity index (χ0) is 17.1. The highest BCUT2D eigenvalue weighted by Crippen LogP contribution is 2.23. The molecule has 2 aliphatic heterocycles. The monoisotopic (exact) mass is 359 g/mol. The van der Waals surface area contributed by atoms with Gasteiger partial charge in [0.05, 0.1) is 37.6 Å². The lowest BCUT2D eigenvalue weighted by atomic mass is 10.2. The summed E-state index contributed by atoms with van der Waals surface area (Å²) in [4.78, 5) is 9.70. The van der Waals surface area contributed by atoms with Gasteiger partial charge in [-0.15, -0.1) is 11.3 Å². The predicted octanol–water partition coefficient (Wildman–Crippen LogP) is 2.08. The molecule has 0 unspecified atom stereocenters. The van der Waals surface area contributed by atoms with Crippen molar-refractivity contribution in [2.75, 3.05) is 39.4 Å². The summed E-state index contributed by atoms with van der Waals surface area (Å²) < 4.78 is 5.42. The zero-order valence-electron chi connectivity index (χ0n) is 14.4. The van der Waals surface area contributed by atoms with Gasteiger partial charge in [-0.05, 0) is 19.5 Å². The van der Waals surface area contributed by atoms with Crippen molar-refractivity contribution in [2.45, 2.75) is 25.1 Å². The molecule has 2 atom stereocenters. The van der Waals surface area contributed by atoms with Crippen LogP contribution in [-0.2, 0) is 11.3 Å². The average Bonchev–Trinajstić information content (AvgIpc) is 3.21. The first-order valence-electron chi connectivity index (χ1n) is 9.01. The second-order valence-electron chi connectivity index (χ2n) is 6.83. The van der Waals surface area contributed by atoms with E-state index in [1.165, 1.54) is 10.6 Å². The van der Waals surface area contributed by atoms with Crippen LogP contribution in [-0.4, -0.2) is 71.4 Å². The lowest BCUT2D eigenvalue weighted by Crippen LogP contribution is -2.44. The van der Waals surface area contributed by atoms with Crippen LogP contribution in [0.15, 0.2) is 35.7 Å². The van der Waals surface area contributed by atoms with Crippen LogP contribution in [0.5, 0.6) is 0 Å². The van der Waals surface area contributed by atoms with Crippen molar-refractivity contribution in [3.8, 4) is 11.3 Å². The molecule has 0 spiro atoms. The van der Waals surface area contributed by atoms with Gasteiger partial charge in [-0.1, -0.05) is 30.3 Å². The van der Waals surface area contributed by atoms with Crippen molar-refractivity contribution >= 4 is 11.3 Å². The SMILES string of the molecule is O[C@H]1COC[C@@H]1N1CCCN(Cc2nc(-c3ccccc3)cs2)CC1. The third-order valence-electron chi connectivity index (χ3n) is 5.09. The number of nitrogens with zero attached hydrogens (tertiary/aromatic N) is 3. The molecule has 0 bridgehead atoms. The Balaban J connectivity index is 1.35. The van der Waals surface area contributed by atoms with Crippen molar-refractivity contribution in [3.05, 3.63) is 40.7 Å². The highest BCUT2D eigenvalue weighted by atomic mass is 32.1. The molecule has 1 N–H and O–H groups in total. The Bertz CT molecular complexity index is 678. The molecule has 1 aromatic heterocycles. The first-order valence-corrected chi connectivity index (χ1v) is 9.89. The summed E-state index contributed by atoms with van der Waals surface area (Å²) in [5.41, 5.74) is 2.26. The molecule has 25 heavy (non-hydrogen) atoms. The van der Waals surface area contributed by atoms with E-state index >= 15 is 0 Å². The number of thiazole rings is 1. The Morgan fingerprint density at radius 1 is 1.12 bits per heavy atom. The minimum absolute atomic E-state index is 0.171. The van der Waals surface area contributed by atoms with Gasteiger partial charge in [0.25, 0.3) is 0 Å². The van der Waals surface area contributed by atoms with Gasteiger partial charge in [-0.2, -0.15) is 0 Å². The maximum atomic E-state index is 10.1. The maximum absolute atomic E-state index is 10.1. The second kappa shape index (κ2) is 7.93. The van der Waals surface area contributed by atoms with E-state index in [0.29, 0.717) is 13.2 Å². The van der Waals surface area contributed by atoms with Gasteiger partial charge in [-0.3, -0.25) is 9.80 Å². The summed E-state index contributed by atoms with van der Waals surface area (Å²) >= 11 is 1.74. The normalized spacial score (nSPS) is 26.0. The molecule has 0 amide bonds. The zero-order valence-corrected chi connectivity index (χ0v) is 15.2. The van der Waals surface area contributed by atoms with Crippen LogP contribution in [0, 0.1) is 0 Å². The van der Waals surface area contributed by atoms with Crippen molar-refractivity contribution in [1.29, 1.82) is 0 Å². The van der Waals surface area contributed by atoms with Gasteiger partial charge >= 0.3 is 0 Å². The van der Waals surface area contributed by atoms with Crippen LogP contribution in [0.4, 0.5) is 0 Å². The number of rotatable bonds is 4. The quantitative estimate of drug-likeness (QED) is 0.906. The molecule has 0 radical (unpaired) electrons. The molecule has 0 aliphatic carbocycles. The smallest absolute Gasteiger partial charge is 0.107 e. The molecule has 134 valence electrons. The third-order valence-corrected chi connectivity index (χ3v) is 5.93. The molecular formula is C19H25N3O2S. The van der Waals surface area contributed by atoms with E-state index in [9.17, 15) is 5.11 Å².